The molecule has 172 valence electrons. The summed E-state index contributed by atoms with van der Waals surface area (Å²) < 4.78 is 11.2. The van der Waals surface area contributed by atoms with Crippen molar-refractivity contribution in [2.75, 3.05) is 11.4 Å². The van der Waals surface area contributed by atoms with Crippen molar-refractivity contribution < 1.29 is 19.1 Å². The lowest BCUT2D eigenvalue weighted by atomic mass is 10.1. The number of rotatable bonds is 7. The highest BCUT2D eigenvalue weighted by molar-refractivity contribution is 5.99. The minimum atomic E-state index is -0.507. The molecule has 0 aromatic heterocycles. The lowest BCUT2D eigenvalue weighted by Gasteiger charge is -2.21. The zero-order chi connectivity index (χ0) is 23.8. The van der Waals surface area contributed by atoms with E-state index in [1.54, 1.807) is 11.8 Å². The van der Waals surface area contributed by atoms with Crippen LogP contribution in [0, 0.1) is 0 Å². The Bertz CT molecular complexity index is 1060. The summed E-state index contributed by atoms with van der Waals surface area (Å²) in [5.74, 6) is 1.32. The summed E-state index contributed by atoms with van der Waals surface area (Å²) in [6, 6.07) is 24.6. The van der Waals surface area contributed by atoms with E-state index in [0.717, 1.165) is 16.9 Å². The van der Waals surface area contributed by atoms with Gasteiger partial charge in [-0.1, -0.05) is 30.3 Å². The summed E-state index contributed by atoms with van der Waals surface area (Å²) in [5.41, 5.74) is 2.16. The van der Waals surface area contributed by atoms with Gasteiger partial charge in [-0.05, 0) is 81.3 Å². The molecule has 0 radical (unpaired) electrons. The smallest absolute Gasteiger partial charge is 0.407 e. The number of benzene rings is 3. The molecule has 0 saturated heterocycles. The molecule has 6 heteroatoms. The van der Waals surface area contributed by atoms with Gasteiger partial charge in [0.05, 0.1) is 0 Å². The van der Waals surface area contributed by atoms with E-state index >= 15 is 0 Å². The van der Waals surface area contributed by atoms with E-state index in [1.165, 1.54) is 0 Å². The Kier molecular flexibility index (Phi) is 7.72. The van der Waals surface area contributed by atoms with Crippen molar-refractivity contribution >= 4 is 23.4 Å². The Labute approximate surface area is 195 Å². The fourth-order valence-electron chi connectivity index (χ4n) is 3.24. The first-order chi connectivity index (χ1) is 15.7. The number of hydrogen-bond donors (Lipinski definition) is 1. The molecule has 0 aliphatic carbocycles. The number of para-hydroxylation sites is 1. The molecule has 2 amide bonds. The third kappa shape index (κ3) is 7.38. The SMILES string of the molecule is CC(=O)N(c1ccccc1)c1ccc(Oc2ccc(CCNC(=O)OC(C)(C)C)cc2)cc1. The van der Waals surface area contributed by atoms with Gasteiger partial charge in [-0.25, -0.2) is 4.79 Å². The van der Waals surface area contributed by atoms with Crippen LogP contribution in [0.2, 0.25) is 0 Å². The molecule has 3 aromatic carbocycles. The standard InChI is InChI=1S/C27H30N2O4/c1-20(30)29(22-8-6-5-7-9-22)23-12-16-25(17-13-23)32-24-14-10-21(11-15-24)18-19-28-26(31)33-27(2,3)4/h5-17H,18-19H2,1-4H3,(H,28,31). The fourth-order valence-corrected chi connectivity index (χ4v) is 3.24. The first-order valence-corrected chi connectivity index (χ1v) is 10.9. The van der Waals surface area contributed by atoms with Crippen LogP contribution in [-0.4, -0.2) is 24.1 Å². The molecule has 1 N–H and O–H groups in total. The average Bonchev–Trinajstić information content (AvgIpc) is 2.76. The van der Waals surface area contributed by atoms with Gasteiger partial charge >= 0.3 is 6.09 Å². The highest BCUT2D eigenvalue weighted by Gasteiger charge is 2.16. The molecule has 3 aromatic rings. The van der Waals surface area contributed by atoms with Gasteiger partial charge in [0.25, 0.3) is 0 Å². The van der Waals surface area contributed by atoms with Crippen molar-refractivity contribution in [3.05, 3.63) is 84.4 Å². The number of ether oxygens (including phenoxy) is 2. The van der Waals surface area contributed by atoms with Gasteiger partial charge < -0.3 is 14.8 Å². The summed E-state index contributed by atoms with van der Waals surface area (Å²) in [6.07, 6.45) is 0.274. The number of carbonyl (C=O) groups excluding carboxylic acids is 2. The van der Waals surface area contributed by atoms with Crippen LogP contribution in [0.15, 0.2) is 78.9 Å². The Morgan fingerprint density at radius 1 is 0.818 bits per heavy atom. The van der Waals surface area contributed by atoms with E-state index < -0.39 is 11.7 Å². The molecule has 33 heavy (non-hydrogen) atoms. The summed E-state index contributed by atoms with van der Waals surface area (Å²) in [5, 5.41) is 2.76. The van der Waals surface area contributed by atoms with Crippen LogP contribution in [-0.2, 0) is 16.0 Å². The van der Waals surface area contributed by atoms with Crippen molar-refractivity contribution in [3.8, 4) is 11.5 Å². The molecule has 0 spiro atoms. The molecule has 0 heterocycles. The zero-order valence-electron chi connectivity index (χ0n) is 19.5. The van der Waals surface area contributed by atoms with E-state index in [-0.39, 0.29) is 5.91 Å². The molecule has 0 atom stereocenters. The fraction of sp³-hybridized carbons (Fsp3) is 0.259. The zero-order valence-corrected chi connectivity index (χ0v) is 19.5. The third-order valence-corrected chi connectivity index (χ3v) is 4.67. The van der Waals surface area contributed by atoms with Crippen LogP contribution < -0.4 is 15.0 Å². The van der Waals surface area contributed by atoms with E-state index in [0.29, 0.717) is 24.5 Å². The number of carbonyl (C=O) groups is 2. The second-order valence-corrected chi connectivity index (χ2v) is 8.61. The number of amides is 2. The Hall–Kier alpha value is -3.80. The van der Waals surface area contributed by atoms with E-state index in [2.05, 4.69) is 5.32 Å². The Balaban J connectivity index is 1.56. The van der Waals surface area contributed by atoms with Gasteiger partial charge in [0.15, 0.2) is 0 Å². The second kappa shape index (κ2) is 10.7. The number of hydrogen-bond acceptors (Lipinski definition) is 4. The quantitative estimate of drug-likeness (QED) is 0.467. The van der Waals surface area contributed by atoms with Gasteiger partial charge in [0.2, 0.25) is 5.91 Å². The van der Waals surface area contributed by atoms with Gasteiger partial charge in [0.1, 0.15) is 17.1 Å². The van der Waals surface area contributed by atoms with Gasteiger partial charge in [-0.15, -0.1) is 0 Å². The van der Waals surface area contributed by atoms with E-state index in [4.69, 9.17) is 9.47 Å². The summed E-state index contributed by atoms with van der Waals surface area (Å²) in [6.45, 7) is 7.54. The summed E-state index contributed by atoms with van der Waals surface area (Å²) >= 11 is 0. The van der Waals surface area contributed by atoms with Crippen LogP contribution in [0.4, 0.5) is 16.2 Å². The maximum absolute atomic E-state index is 12.2. The van der Waals surface area contributed by atoms with E-state index in [1.807, 2.05) is 99.6 Å². The number of alkyl carbamates (subject to hydrolysis) is 1. The monoisotopic (exact) mass is 446 g/mol. The highest BCUT2D eigenvalue weighted by Crippen LogP contribution is 2.29. The van der Waals surface area contributed by atoms with Crippen molar-refractivity contribution in [2.24, 2.45) is 0 Å². The van der Waals surface area contributed by atoms with Crippen LogP contribution >= 0.6 is 0 Å². The van der Waals surface area contributed by atoms with Crippen LogP contribution in [0.5, 0.6) is 11.5 Å². The van der Waals surface area contributed by atoms with Crippen molar-refractivity contribution in [3.63, 3.8) is 0 Å². The van der Waals surface area contributed by atoms with Crippen molar-refractivity contribution in [2.45, 2.75) is 39.7 Å². The molecular weight excluding hydrogens is 416 g/mol. The highest BCUT2D eigenvalue weighted by atomic mass is 16.6. The minimum absolute atomic E-state index is 0.0633. The minimum Gasteiger partial charge on any atom is -0.457 e. The summed E-state index contributed by atoms with van der Waals surface area (Å²) in [4.78, 5) is 25.6. The van der Waals surface area contributed by atoms with Crippen LogP contribution in [0.25, 0.3) is 0 Å². The largest absolute Gasteiger partial charge is 0.457 e. The van der Waals surface area contributed by atoms with Crippen LogP contribution in [0.1, 0.15) is 33.3 Å². The van der Waals surface area contributed by atoms with Crippen LogP contribution in [0.3, 0.4) is 0 Å². The predicted molar refractivity (Wildman–Crippen MR) is 130 cm³/mol. The topological polar surface area (TPSA) is 67.9 Å². The second-order valence-electron chi connectivity index (χ2n) is 8.61. The van der Waals surface area contributed by atoms with E-state index in [9.17, 15) is 9.59 Å². The van der Waals surface area contributed by atoms with Gasteiger partial charge in [-0.3, -0.25) is 9.69 Å². The third-order valence-electron chi connectivity index (χ3n) is 4.67. The Morgan fingerprint density at radius 2 is 1.36 bits per heavy atom. The average molecular weight is 447 g/mol. The molecular formula is C27H30N2O4. The van der Waals surface area contributed by atoms with Gasteiger partial charge in [-0.2, -0.15) is 0 Å². The number of anilines is 2. The molecule has 6 nitrogen and oxygen atoms in total. The maximum Gasteiger partial charge on any atom is 0.407 e. The predicted octanol–water partition coefficient (Wildman–Crippen LogP) is 6.23. The number of nitrogens with zero attached hydrogens (tertiary/aromatic N) is 1. The molecule has 0 aliphatic rings. The molecule has 0 bridgehead atoms. The lowest BCUT2D eigenvalue weighted by Crippen LogP contribution is -2.33. The number of nitrogens with one attached hydrogen (secondary N) is 1. The van der Waals surface area contributed by atoms with Gasteiger partial charge in [0, 0.05) is 24.8 Å². The molecule has 3 rings (SSSR count). The maximum atomic E-state index is 12.2. The molecule has 0 unspecified atom stereocenters. The summed E-state index contributed by atoms with van der Waals surface area (Å²) in [7, 11) is 0. The molecule has 0 aliphatic heterocycles. The lowest BCUT2D eigenvalue weighted by molar-refractivity contribution is -0.115. The molecule has 0 fully saturated rings. The molecule has 0 saturated carbocycles. The first kappa shape index (κ1) is 23.9. The van der Waals surface area contributed by atoms with Crippen molar-refractivity contribution in [1.29, 1.82) is 0 Å². The Morgan fingerprint density at radius 3 is 1.91 bits per heavy atom. The normalized spacial score (nSPS) is 10.9. The first-order valence-electron chi connectivity index (χ1n) is 10.9. The van der Waals surface area contributed by atoms with Crippen molar-refractivity contribution in [1.82, 2.24) is 5.32 Å².